The zero-order chi connectivity index (χ0) is 9.42. The molecule has 1 aliphatic rings. The zero-order valence-corrected chi connectivity index (χ0v) is 7.88. The fourth-order valence-corrected chi connectivity index (χ4v) is 2.32. The Labute approximate surface area is 79.3 Å². The van der Waals surface area contributed by atoms with Gasteiger partial charge in [0.15, 0.2) is 11.6 Å². The van der Waals surface area contributed by atoms with E-state index in [2.05, 4.69) is 0 Å². The normalized spacial score (nSPS) is 13.4. The first kappa shape index (κ1) is 8.14. The van der Waals surface area contributed by atoms with Gasteiger partial charge in [0, 0.05) is 12.3 Å². The van der Waals surface area contributed by atoms with Gasteiger partial charge in [0.2, 0.25) is 0 Å². The standard InChI is InChI=1S/C9H7N2OS/c1-6-4-7-8(12)2-3-11(5-10)9(7)13-6/h2-4,13H,1H3. The van der Waals surface area contributed by atoms with Crippen LogP contribution in [0.1, 0.15) is 12.5 Å². The molecule has 3 nitrogen and oxygen atoms in total. The van der Waals surface area contributed by atoms with Gasteiger partial charge in [-0.25, -0.2) is 4.57 Å². The van der Waals surface area contributed by atoms with Crippen LogP contribution >= 0.6 is 11.8 Å². The summed E-state index contributed by atoms with van der Waals surface area (Å²) < 4.78 is 1.44. The summed E-state index contributed by atoms with van der Waals surface area (Å²) in [6, 6.07) is 1.42. The van der Waals surface area contributed by atoms with Gasteiger partial charge in [-0.1, -0.05) is 0 Å². The number of aromatic nitrogens is 1. The molecular weight excluding hydrogens is 184 g/mol. The second kappa shape index (κ2) is 2.79. The largest absolute Gasteiger partial charge is 0.289 e. The fraction of sp³-hybridized carbons (Fsp3) is 0.111. The van der Waals surface area contributed by atoms with Crippen molar-refractivity contribution in [2.75, 3.05) is 0 Å². The molecule has 0 spiro atoms. The third-order valence-electron chi connectivity index (χ3n) is 1.85. The average Bonchev–Trinajstić information content (AvgIpc) is 2.48. The van der Waals surface area contributed by atoms with Crippen molar-refractivity contribution in [2.45, 2.75) is 11.9 Å². The molecule has 0 bridgehead atoms. The quantitative estimate of drug-likeness (QED) is 0.629. The first-order valence-electron chi connectivity index (χ1n) is 3.78. The highest BCUT2D eigenvalue weighted by atomic mass is 32.2. The summed E-state index contributed by atoms with van der Waals surface area (Å²) in [6.45, 7) is 1.95. The number of allylic oxidation sites excluding steroid dienone is 1. The number of hydrogen-bond acceptors (Lipinski definition) is 2. The van der Waals surface area contributed by atoms with Crippen LogP contribution in [0.4, 0.5) is 0 Å². The van der Waals surface area contributed by atoms with Crippen LogP contribution < -0.4 is 5.43 Å². The van der Waals surface area contributed by atoms with Gasteiger partial charge < -0.3 is 0 Å². The molecule has 0 atom stereocenters. The van der Waals surface area contributed by atoms with Crippen molar-refractivity contribution >= 4 is 17.8 Å². The van der Waals surface area contributed by atoms with Crippen molar-refractivity contribution in [1.29, 1.82) is 5.26 Å². The van der Waals surface area contributed by atoms with E-state index in [9.17, 15) is 4.79 Å². The van der Waals surface area contributed by atoms with Crippen LogP contribution in [0.2, 0.25) is 0 Å². The summed E-state index contributed by atoms with van der Waals surface area (Å²) in [7, 11) is 0. The van der Waals surface area contributed by atoms with Gasteiger partial charge in [-0.15, -0.1) is 11.8 Å². The molecule has 0 N–H and O–H groups in total. The van der Waals surface area contributed by atoms with E-state index in [1.165, 1.54) is 16.8 Å². The van der Waals surface area contributed by atoms with Crippen LogP contribution in [0.5, 0.6) is 0 Å². The van der Waals surface area contributed by atoms with E-state index in [4.69, 9.17) is 5.26 Å². The summed E-state index contributed by atoms with van der Waals surface area (Å²) in [5, 5.41) is 9.55. The van der Waals surface area contributed by atoms with Crippen LogP contribution in [0, 0.1) is 11.5 Å². The van der Waals surface area contributed by atoms with Crippen LogP contribution in [-0.2, 0) is 0 Å². The highest BCUT2D eigenvalue weighted by Crippen LogP contribution is 2.35. The number of fused-ring (bicyclic) bond motifs is 1. The molecule has 1 aromatic heterocycles. The fourth-order valence-electron chi connectivity index (χ4n) is 1.28. The van der Waals surface area contributed by atoms with Gasteiger partial charge in [-0.2, -0.15) is 5.26 Å². The number of nitriles is 1. The first-order chi connectivity index (χ1) is 6.22. The molecule has 2 heterocycles. The molecule has 1 radical (unpaired) electrons. The number of thiol groups is 1. The van der Waals surface area contributed by atoms with Gasteiger partial charge in [0.1, 0.15) is 0 Å². The second-order valence-electron chi connectivity index (χ2n) is 2.78. The lowest BCUT2D eigenvalue weighted by Crippen LogP contribution is -2.08. The molecule has 0 amide bonds. The molecule has 0 aliphatic carbocycles. The van der Waals surface area contributed by atoms with Crippen molar-refractivity contribution in [3.8, 4) is 6.19 Å². The monoisotopic (exact) mass is 191 g/mol. The first-order valence-corrected chi connectivity index (χ1v) is 4.67. The number of rotatable bonds is 0. The summed E-state index contributed by atoms with van der Waals surface area (Å²) in [4.78, 5) is 12.5. The molecule has 0 unspecified atom stereocenters. The van der Waals surface area contributed by atoms with Gasteiger partial charge in [-0.3, -0.25) is 4.79 Å². The summed E-state index contributed by atoms with van der Waals surface area (Å²) in [6.07, 6.45) is 5.37. The van der Waals surface area contributed by atoms with Gasteiger partial charge in [0.25, 0.3) is 0 Å². The van der Waals surface area contributed by atoms with E-state index >= 15 is 0 Å². The predicted molar refractivity (Wildman–Crippen MR) is 52.6 cm³/mol. The SMILES string of the molecule is CC1=Cc2c(n(C#N)ccc2=O)[SH]1. The lowest BCUT2D eigenvalue weighted by atomic mass is 10.2. The molecule has 0 saturated heterocycles. The second-order valence-corrected chi connectivity index (χ2v) is 4.14. The molecule has 1 aliphatic heterocycles. The van der Waals surface area contributed by atoms with E-state index in [1.54, 1.807) is 0 Å². The lowest BCUT2D eigenvalue weighted by molar-refractivity contribution is 0.927. The maximum absolute atomic E-state index is 11.4. The number of pyridine rings is 1. The van der Waals surface area contributed by atoms with E-state index in [1.807, 2.05) is 19.2 Å². The van der Waals surface area contributed by atoms with Crippen molar-refractivity contribution in [3.05, 3.63) is 33.0 Å². The van der Waals surface area contributed by atoms with E-state index in [0.29, 0.717) is 5.56 Å². The third kappa shape index (κ3) is 1.18. The molecule has 65 valence electrons. The molecule has 2 rings (SSSR count). The number of nitrogens with zero attached hydrogens (tertiary/aromatic N) is 2. The topological polar surface area (TPSA) is 45.8 Å². The van der Waals surface area contributed by atoms with Gasteiger partial charge in [-0.05, 0) is 17.9 Å². The Morgan fingerprint density at radius 1 is 1.62 bits per heavy atom. The van der Waals surface area contributed by atoms with Gasteiger partial charge >= 0.3 is 0 Å². The Balaban J connectivity index is 2.76. The molecule has 0 fully saturated rings. The molecule has 1 aromatic rings. The smallest absolute Gasteiger partial charge is 0.190 e. The van der Waals surface area contributed by atoms with E-state index in [0.717, 1.165) is 21.7 Å². The number of hydrogen-bond donors (Lipinski definition) is 1. The Bertz CT molecular complexity index is 493. The minimum atomic E-state index is -0.00847. The van der Waals surface area contributed by atoms with Crippen molar-refractivity contribution < 1.29 is 0 Å². The van der Waals surface area contributed by atoms with Crippen LogP contribution in [0.15, 0.2) is 27.0 Å². The van der Waals surface area contributed by atoms with Crippen molar-refractivity contribution in [1.82, 2.24) is 4.57 Å². The maximum atomic E-state index is 11.4. The molecule has 13 heavy (non-hydrogen) atoms. The minimum absolute atomic E-state index is 0.00847. The van der Waals surface area contributed by atoms with E-state index in [-0.39, 0.29) is 5.43 Å². The van der Waals surface area contributed by atoms with Crippen molar-refractivity contribution in [2.24, 2.45) is 0 Å². The Hall–Kier alpha value is -1.47. The molecule has 4 heteroatoms. The van der Waals surface area contributed by atoms with E-state index < -0.39 is 0 Å². The van der Waals surface area contributed by atoms with Gasteiger partial charge in [0.05, 0.1) is 10.6 Å². The molecule has 0 aromatic carbocycles. The predicted octanol–water partition coefficient (Wildman–Crippen LogP) is 1.38. The summed E-state index contributed by atoms with van der Waals surface area (Å²) >= 11 is 0.958. The molecule has 0 saturated carbocycles. The average molecular weight is 191 g/mol. The summed E-state index contributed by atoms with van der Waals surface area (Å²) in [5.74, 6) is 0. The Morgan fingerprint density at radius 3 is 3.08 bits per heavy atom. The molecular formula is C9H7N2OS. The minimum Gasteiger partial charge on any atom is -0.289 e. The highest BCUT2D eigenvalue weighted by molar-refractivity contribution is 8.03. The summed E-state index contributed by atoms with van der Waals surface area (Å²) in [5.41, 5.74) is 0.647. The zero-order valence-electron chi connectivity index (χ0n) is 6.98. The van der Waals surface area contributed by atoms with Crippen LogP contribution in [0.3, 0.4) is 0 Å². The highest BCUT2D eigenvalue weighted by Gasteiger charge is 2.15. The van der Waals surface area contributed by atoms with Crippen LogP contribution in [-0.4, -0.2) is 4.57 Å². The Kier molecular flexibility index (Phi) is 1.74. The Morgan fingerprint density at radius 2 is 2.38 bits per heavy atom. The van der Waals surface area contributed by atoms with Crippen LogP contribution in [0.25, 0.3) is 6.08 Å². The lowest BCUT2D eigenvalue weighted by Gasteiger charge is -2.02. The third-order valence-corrected chi connectivity index (χ3v) is 3.00. The maximum Gasteiger partial charge on any atom is 0.190 e. The van der Waals surface area contributed by atoms with Crippen molar-refractivity contribution in [3.63, 3.8) is 0 Å².